The third kappa shape index (κ3) is 6.03. The summed E-state index contributed by atoms with van der Waals surface area (Å²) < 4.78 is 42.6. The largest absolute Gasteiger partial charge is 0.340 e. The second-order valence-electron chi connectivity index (χ2n) is 7.55. The molecule has 3 aromatic carbocycles. The molecule has 5 nitrogen and oxygen atoms in total. The molecule has 1 amide bonds. The standard InChI is InChI=1S/C24H24BrFN2O3S/c1-18-7-9-19(10-8-18)15-28(32(30,31)22-13-11-21(25)12-14-22)17-24(29)27(2)16-20-5-3-4-6-23(20)26/h3-14H,15-17H2,1-2H3. The number of rotatable bonds is 8. The number of carbonyl (C=O) groups excluding carboxylic acids is 1. The Balaban J connectivity index is 1.86. The zero-order valence-corrected chi connectivity index (χ0v) is 20.2. The molecule has 0 saturated carbocycles. The summed E-state index contributed by atoms with van der Waals surface area (Å²) in [5.41, 5.74) is 2.18. The number of aryl methyl sites for hydroxylation is 1. The lowest BCUT2D eigenvalue weighted by Crippen LogP contribution is -2.41. The van der Waals surface area contributed by atoms with E-state index in [0.29, 0.717) is 5.56 Å². The maximum Gasteiger partial charge on any atom is 0.243 e. The summed E-state index contributed by atoms with van der Waals surface area (Å²) in [6.07, 6.45) is 0. The molecule has 8 heteroatoms. The Morgan fingerprint density at radius 3 is 2.19 bits per heavy atom. The predicted molar refractivity (Wildman–Crippen MR) is 126 cm³/mol. The zero-order valence-electron chi connectivity index (χ0n) is 17.8. The highest BCUT2D eigenvalue weighted by molar-refractivity contribution is 9.10. The minimum absolute atomic E-state index is 0.0396. The summed E-state index contributed by atoms with van der Waals surface area (Å²) in [6, 6.07) is 19.9. The summed E-state index contributed by atoms with van der Waals surface area (Å²) in [6.45, 7) is 1.67. The summed E-state index contributed by atoms with van der Waals surface area (Å²) >= 11 is 3.31. The van der Waals surface area contributed by atoms with Crippen LogP contribution in [0.5, 0.6) is 0 Å². The van der Waals surface area contributed by atoms with Gasteiger partial charge in [0.25, 0.3) is 0 Å². The first-order chi connectivity index (χ1) is 15.2. The van der Waals surface area contributed by atoms with Crippen molar-refractivity contribution < 1.29 is 17.6 Å². The van der Waals surface area contributed by atoms with Gasteiger partial charge in [-0.15, -0.1) is 0 Å². The van der Waals surface area contributed by atoms with Gasteiger partial charge in [0.05, 0.1) is 11.4 Å². The van der Waals surface area contributed by atoms with Crippen LogP contribution in [0, 0.1) is 12.7 Å². The Morgan fingerprint density at radius 1 is 0.938 bits per heavy atom. The van der Waals surface area contributed by atoms with E-state index in [1.807, 2.05) is 31.2 Å². The van der Waals surface area contributed by atoms with E-state index in [9.17, 15) is 17.6 Å². The molecule has 0 N–H and O–H groups in total. The number of amides is 1. The fourth-order valence-corrected chi connectivity index (χ4v) is 4.76. The third-order valence-electron chi connectivity index (χ3n) is 5.03. The second kappa shape index (κ2) is 10.4. The van der Waals surface area contributed by atoms with Crippen molar-refractivity contribution in [3.05, 3.63) is 99.8 Å². The average Bonchev–Trinajstić information content (AvgIpc) is 2.76. The van der Waals surface area contributed by atoms with E-state index in [0.717, 1.165) is 19.9 Å². The van der Waals surface area contributed by atoms with Gasteiger partial charge in [-0.1, -0.05) is 64.0 Å². The molecule has 0 fully saturated rings. The Bertz CT molecular complexity index is 1180. The molecule has 0 atom stereocenters. The molecule has 3 aromatic rings. The van der Waals surface area contributed by atoms with Crippen molar-refractivity contribution in [2.24, 2.45) is 0 Å². The average molecular weight is 519 g/mol. The number of benzene rings is 3. The smallest absolute Gasteiger partial charge is 0.243 e. The number of nitrogens with zero attached hydrogens (tertiary/aromatic N) is 2. The first kappa shape index (κ1) is 24.1. The van der Waals surface area contributed by atoms with E-state index < -0.39 is 21.7 Å². The van der Waals surface area contributed by atoms with Crippen LogP contribution in [0.2, 0.25) is 0 Å². The van der Waals surface area contributed by atoms with Crippen molar-refractivity contribution in [1.82, 2.24) is 9.21 Å². The summed E-state index contributed by atoms with van der Waals surface area (Å²) in [5.74, 6) is -0.841. The van der Waals surface area contributed by atoms with Crippen molar-refractivity contribution in [2.75, 3.05) is 13.6 Å². The van der Waals surface area contributed by atoms with Gasteiger partial charge in [0, 0.05) is 30.2 Å². The van der Waals surface area contributed by atoms with Crippen LogP contribution in [-0.4, -0.2) is 37.1 Å². The fourth-order valence-electron chi connectivity index (χ4n) is 3.12. The van der Waals surface area contributed by atoms with E-state index in [1.54, 1.807) is 30.3 Å². The van der Waals surface area contributed by atoms with Gasteiger partial charge in [0.2, 0.25) is 15.9 Å². The number of hydrogen-bond donors (Lipinski definition) is 0. The Kier molecular flexibility index (Phi) is 7.82. The molecule has 0 saturated heterocycles. The Morgan fingerprint density at radius 2 is 1.56 bits per heavy atom. The molecule has 0 aliphatic carbocycles. The van der Waals surface area contributed by atoms with Crippen LogP contribution in [-0.2, 0) is 27.9 Å². The molecular weight excluding hydrogens is 495 g/mol. The van der Waals surface area contributed by atoms with Gasteiger partial charge in [-0.25, -0.2) is 12.8 Å². The van der Waals surface area contributed by atoms with Crippen LogP contribution in [0.4, 0.5) is 4.39 Å². The second-order valence-corrected chi connectivity index (χ2v) is 10.4. The van der Waals surface area contributed by atoms with Gasteiger partial charge in [0.15, 0.2) is 0 Å². The number of likely N-dealkylation sites (N-methyl/N-ethyl adjacent to an activating group) is 1. The van der Waals surface area contributed by atoms with Crippen molar-refractivity contribution in [2.45, 2.75) is 24.9 Å². The zero-order chi connectivity index (χ0) is 23.3. The molecule has 0 unspecified atom stereocenters. The molecule has 168 valence electrons. The minimum atomic E-state index is -3.94. The topological polar surface area (TPSA) is 57.7 Å². The van der Waals surface area contributed by atoms with E-state index >= 15 is 0 Å². The first-order valence-corrected chi connectivity index (χ1v) is 12.2. The van der Waals surface area contributed by atoms with Crippen LogP contribution >= 0.6 is 15.9 Å². The quantitative estimate of drug-likeness (QED) is 0.432. The third-order valence-corrected chi connectivity index (χ3v) is 7.37. The van der Waals surface area contributed by atoms with Gasteiger partial charge in [0.1, 0.15) is 5.82 Å². The molecule has 0 aliphatic rings. The highest BCUT2D eigenvalue weighted by Crippen LogP contribution is 2.21. The van der Waals surface area contributed by atoms with E-state index in [1.165, 1.54) is 30.1 Å². The van der Waals surface area contributed by atoms with Crippen LogP contribution < -0.4 is 0 Å². The van der Waals surface area contributed by atoms with Crippen LogP contribution in [0.15, 0.2) is 82.2 Å². The van der Waals surface area contributed by atoms with E-state index in [2.05, 4.69) is 15.9 Å². The SMILES string of the molecule is Cc1ccc(CN(CC(=O)N(C)Cc2ccccc2F)S(=O)(=O)c2ccc(Br)cc2)cc1. The predicted octanol–water partition coefficient (Wildman–Crippen LogP) is 4.75. The fraction of sp³-hybridized carbons (Fsp3) is 0.208. The Labute approximate surface area is 196 Å². The normalized spacial score (nSPS) is 11.5. The molecule has 0 radical (unpaired) electrons. The van der Waals surface area contributed by atoms with Crippen molar-refractivity contribution in [3.63, 3.8) is 0 Å². The molecular formula is C24H24BrFN2O3S. The maximum atomic E-state index is 14.0. The highest BCUT2D eigenvalue weighted by Gasteiger charge is 2.28. The number of carbonyl (C=O) groups is 1. The lowest BCUT2D eigenvalue weighted by Gasteiger charge is -2.25. The van der Waals surface area contributed by atoms with Gasteiger partial charge >= 0.3 is 0 Å². The Hall–Kier alpha value is -2.55. The van der Waals surface area contributed by atoms with Crippen LogP contribution in [0.25, 0.3) is 0 Å². The maximum absolute atomic E-state index is 14.0. The number of sulfonamides is 1. The number of halogens is 2. The van der Waals surface area contributed by atoms with Gasteiger partial charge in [-0.05, 0) is 42.8 Å². The highest BCUT2D eigenvalue weighted by atomic mass is 79.9. The first-order valence-electron chi connectivity index (χ1n) is 9.95. The van der Waals surface area contributed by atoms with Crippen LogP contribution in [0.1, 0.15) is 16.7 Å². The molecule has 32 heavy (non-hydrogen) atoms. The van der Waals surface area contributed by atoms with Crippen molar-refractivity contribution in [1.29, 1.82) is 0 Å². The van der Waals surface area contributed by atoms with Gasteiger partial charge in [-0.2, -0.15) is 4.31 Å². The molecule has 3 rings (SSSR count). The molecule has 0 bridgehead atoms. The molecule has 0 aromatic heterocycles. The minimum Gasteiger partial charge on any atom is -0.340 e. The summed E-state index contributed by atoms with van der Waals surface area (Å²) in [4.78, 5) is 14.4. The lowest BCUT2D eigenvalue weighted by molar-refractivity contribution is -0.130. The van der Waals surface area contributed by atoms with Gasteiger partial charge in [-0.3, -0.25) is 4.79 Å². The molecule has 0 heterocycles. The number of hydrogen-bond acceptors (Lipinski definition) is 3. The van der Waals surface area contributed by atoms with Gasteiger partial charge < -0.3 is 4.90 Å². The summed E-state index contributed by atoms with van der Waals surface area (Å²) in [7, 11) is -2.41. The van der Waals surface area contributed by atoms with Crippen LogP contribution in [0.3, 0.4) is 0 Å². The monoisotopic (exact) mass is 518 g/mol. The molecule has 0 spiro atoms. The summed E-state index contributed by atoms with van der Waals surface area (Å²) in [5, 5.41) is 0. The lowest BCUT2D eigenvalue weighted by atomic mass is 10.1. The van der Waals surface area contributed by atoms with Crippen molar-refractivity contribution >= 4 is 31.9 Å². The van der Waals surface area contributed by atoms with Crippen molar-refractivity contribution in [3.8, 4) is 0 Å². The van der Waals surface area contributed by atoms with E-state index in [4.69, 9.17) is 0 Å². The van der Waals surface area contributed by atoms with E-state index in [-0.39, 0.29) is 24.5 Å². The molecule has 0 aliphatic heterocycles.